The molecule has 0 fully saturated rings. The fourth-order valence-corrected chi connectivity index (χ4v) is 3.04. The van der Waals surface area contributed by atoms with E-state index in [4.69, 9.17) is 20.3 Å². The number of benzene rings is 1. The number of hydrogen-bond donors (Lipinski definition) is 2. The highest BCUT2D eigenvalue weighted by atomic mass is 16.5. The van der Waals surface area contributed by atoms with E-state index in [1.54, 1.807) is 43.3 Å². The van der Waals surface area contributed by atoms with Gasteiger partial charge in [0.25, 0.3) is 0 Å². The van der Waals surface area contributed by atoms with Crippen molar-refractivity contribution in [3.8, 4) is 40.0 Å². The van der Waals surface area contributed by atoms with Crippen molar-refractivity contribution >= 4 is 5.82 Å². The number of rotatable bonds is 6. The van der Waals surface area contributed by atoms with Gasteiger partial charge in [0.1, 0.15) is 28.9 Å². The quantitative estimate of drug-likeness (QED) is 0.675. The molecule has 0 saturated carbocycles. The largest absolute Gasteiger partial charge is 0.497 e. The molecule has 0 bridgehead atoms. The van der Waals surface area contributed by atoms with Crippen LogP contribution in [-0.2, 0) is 6.54 Å². The van der Waals surface area contributed by atoms with Gasteiger partial charge in [-0.3, -0.25) is 4.68 Å². The number of ether oxygens (including phenoxy) is 2. The third kappa shape index (κ3) is 3.48. The molecule has 3 aromatic rings. The Hall–Kier alpha value is -3.57. The maximum atomic E-state index is 9.61. The molecule has 8 nitrogen and oxygen atoms in total. The molecule has 0 radical (unpaired) electrons. The van der Waals surface area contributed by atoms with Crippen molar-refractivity contribution in [1.82, 2.24) is 14.8 Å². The minimum Gasteiger partial charge on any atom is -0.497 e. The molecule has 3 N–H and O–H groups in total. The second kappa shape index (κ2) is 7.98. The standard InChI is InChI=1S/C20H21N5O3/c1-12-17(11-25(24-12)6-7-26)15-9-18(23-20(22)16(15)10-21)14-5-4-13(27-2)8-19(14)28-3/h4-5,8-9,11,26H,6-7H2,1-3H3,(H2,22,23). The third-order valence-electron chi connectivity index (χ3n) is 4.41. The van der Waals surface area contributed by atoms with E-state index in [9.17, 15) is 5.26 Å². The Morgan fingerprint density at radius 3 is 2.61 bits per heavy atom. The molecule has 1 aromatic carbocycles. The number of nitriles is 1. The van der Waals surface area contributed by atoms with Gasteiger partial charge in [-0.05, 0) is 25.1 Å². The summed E-state index contributed by atoms with van der Waals surface area (Å²) in [6, 6.07) is 9.32. The van der Waals surface area contributed by atoms with Crippen molar-refractivity contribution < 1.29 is 14.6 Å². The smallest absolute Gasteiger partial charge is 0.142 e. The van der Waals surface area contributed by atoms with E-state index < -0.39 is 0 Å². The van der Waals surface area contributed by atoms with Crippen LogP contribution >= 0.6 is 0 Å². The molecule has 144 valence electrons. The summed E-state index contributed by atoms with van der Waals surface area (Å²) in [6.07, 6.45) is 1.79. The maximum Gasteiger partial charge on any atom is 0.142 e. The fourth-order valence-electron chi connectivity index (χ4n) is 3.04. The zero-order valence-corrected chi connectivity index (χ0v) is 15.9. The van der Waals surface area contributed by atoms with Crippen LogP contribution in [0.15, 0.2) is 30.5 Å². The Morgan fingerprint density at radius 2 is 1.96 bits per heavy atom. The van der Waals surface area contributed by atoms with Gasteiger partial charge < -0.3 is 20.3 Å². The SMILES string of the molecule is COc1ccc(-c2cc(-c3cn(CCO)nc3C)c(C#N)c(N)n2)c(OC)c1. The van der Waals surface area contributed by atoms with E-state index in [0.717, 1.165) is 16.8 Å². The predicted octanol–water partition coefficient (Wildman–Crippen LogP) is 2.38. The average Bonchev–Trinajstić information content (AvgIpc) is 3.07. The van der Waals surface area contributed by atoms with E-state index in [-0.39, 0.29) is 18.0 Å². The Balaban J connectivity index is 2.21. The highest BCUT2D eigenvalue weighted by molar-refractivity contribution is 5.82. The molecule has 0 amide bonds. The topological polar surface area (TPSA) is 119 Å². The number of anilines is 1. The van der Waals surface area contributed by atoms with Gasteiger partial charge >= 0.3 is 0 Å². The number of methoxy groups -OCH3 is 2. The zero-order valence-electron chi connectivity index (χ0n) is 15.9. The molecule has 0 spiro atoms. The van der Waals surface area contributed by atoms with Gasteiger partial charge in [-0.1, -0.05) is 0 Å². The summed E-state index contributed by atoms with van der Waals surface area (Å²) in [5.41, 5.74) is 9.79. The lowest BCUT2D eigenvalue weighted by atomic mass is 9.98. The second-order valence-electron chi connectivity index (χ2n) is 6.11. The van der Waals surface area contributed by atoms with Gasteiger partial charge in [-0.15, -0.1) is 0 Å². The van der Waals surface area contributed by atoms with E-state index >= 15 is 0 Å². The van der Waals surface area contributed by atoms with Gasteiger partial charge in [0, 0.05) is 29.0 Å². The van der Waals surface area contributed by atoms with Gasteiger partial charge in [0.05, 0.1) is 38.8 Å². The molecular weight excluding hydrogens is 358 g/mol. The van der Waals surface area contributed by atoms with Crippen LogP contribution in [0.2, 0.25) is 0 Å². The van der Waals surface area contributed by atoms with E-state index in [1.807, 2.05) is 13.0 Å². The first-order chi connectivity index (χ1) is 13.5. The number of aromatic nitrogens is 3. The minimum absolute atomic E-state index is 0.0293. The van der Waals surface area contributed by atoms with Crippen LogP contribution < -0.4 is 15.2 Å². The Kier molecular flexibility index (Phi) is 5.47. The highest BCUT2D eigenvalue weighted by Crippen LogP contribution is 2.37. The van der Waals surface area contributed by atoms with Gasteiger partial charge in [0.15, 0.2) is 0 Å². The van der Waals surface area contributed by atoms with E-state index in [2.05, 4.69) is 16.2 Å². The number of nitrogens with zero attached hydrogens (tertiary/aromatic N) is 4. The van der Waals surface area contributed by atoms with Crippen molar-refractivity contribution in [2.75, 3.05) is 26.6 Å². The van der Waals surface area contributed by atoms with Crippen LogP contribution in [0.1, 0.15) is 11.3 Å². The number of aryl methyl sites for hydroxylation is 1. The Morgan fingerprint density at radius 1 is 1.18 bits per heavy atom. The third-order valence-corrected chi connectivity index (χ3v) is 4.41. The Bertz CT molecular complexity index is 1050. The van der Waals surface area contributed by atoms with Crippen LogP contribution in [0.5, 0.6) is 11.5 Å². The predicted molar refractivity (Wildman–Crippen MR) is 105 cm³/mol. The lowest BCUT2D eigenvalue weighted by Gasteiger charge is -2.13. The first kappa shape index (κ1) is 19.2. The van der Waals surface area contributed by atoms with Crippen molar-refractivity contribution in [1.29, 1.82) is 5.26 Å². The highest BCUT2D eigenvalue weighted by Gasteiger charge is 2.19. The minimum atomic E-state index is -0.0293. The fraction of sp³-hybridized carbons (Fsp3) is 0.250. The van der Waals surface area contributed by atoms with Crippen LogP contribution in [0, 0.1) is 18.3 Å². The first-order valence-corrected chi connectivity index (χ1v) is 8.60. The normalized spacial score (nSPS) is 10.5. The number of aliphatic hydroxyl groups is 1. The number of nitrogen functional groups attached to an aromatic ring is 1. The van der Waals surface area contributed by atoms with E-state index in [0.29, 0.717) is 29.3 Å². The summed E-state index contributed by atoms with van der Waals surface area (Å²) in [5, 5.41) is 23.2. The number of aliphatic hydroxyl groups excluding tert-OH is 1. The zero-order chi connectivity index (χ0) is 20.3. The molecule has 28 heavy (non-hydrogen) atoms. The van der Waals surface area contributed by atoms with Crippen molar-refractivity contribution in [2.24, 2.45) is 0 Å². The number of pyridine rings is 1. The van der Waals surface area contributed by atoms with Crippen molar-refractivity contribution in [3.63, 3.8) is 0 Å². The monoisotopic (exact) mass is 379 g/mol. The van der Waals surface area contributed by atoms with Crippen LogP contribution in [0.4, 0.5) is 5.82 Å². The number of hydrogen-bond acceptors (Lipinski definition) is 7. The van der Waals surface area contributed by atoms with Crippen LogP contribution in [-0.4, -0.2) is 40.7 Å². The van der Waals surface area contributed by atoms with E-state index in [1.165, 1.54) is 0 Å². The summed E-state index contributed by atoms with van der Waals surface area (Å²) in [5.74, 6) is 1.36. The molecule has 2 heterocycles. The lowest BCUT2D eigenvalue weighted by Crippen LogP contribution is -2.02. The molecule has 3 rings (SSSR count). The van der Waals surface area contributed by atoms with Gasteiger partial charge in [0.2, 0.25) is 0 Å². The van der Waals surface area contributed by atoms with Gasteiger partial charge in [-0.25, -0.2) is 4.98 Å². The van der Waals surface area contributed by atoms with Gasteiger partial charge in [-0.2, -0.15) is 10.4 Å². The first-order valence-electron chi connectivity index (χ1n) is 8.60. The average molecular weight is 379 g/mol. The molecule has 0 saturated heterocycles. The van der Waals surface area contributed by atoms with Crippen LogP contribution in [0.3, 0.4) is 0 Å². The van der Waals surface area contributed by atoms with Crippen LogP contribution in [0.25, 0.3) is 22.4 Å². The molecule has 8 heteroatoms. The summed E-state index contributed by atoms with van der Waals surface area (Å²) in [6.45, 7) is 2.18. The molecule has 0 aliphatic carbocycles. The molecular formula is C20H21N5O3. The maximum absolute atomic E-state index is 9.61. The molecule has 0 atom stereocenters. The summed E-state index contributed by atoms with van der Waals surface area (Å²) in [7, 11) is 3.15. The second-order valence-corrected chi connectivity index (χ2v) is 6.11. The lowest BCUT2D eigenvalue weighted by molar-refractivity contribution is 0.269. The summed E-state index contributed by atoms with van der Waals surface area (Å²) < 4.78 is 12.4. The molecule has 0 aliphatic rings. The van der Waals surface area contributed by atoms with Crippen molar-refractivity contribution in [2.45, 2.75) is 13.5 Å². The molecule has 0 unspecified atom stereocenters. The molecule has 0 aliphatic heterocycles. The summed E-state index contributed by atoms with van der Waals surface area (Å²) in [4.78, 5) is 4.40. The molecule has 2 aromatic heterocycles. The van der Waals surface area contributed by atoms with Crippen molar-refractivity contribution in [3.05, 3.63) is 41.7 Å². The Labute approximate surface area is 162 Å². The summed E-state index contributed by atoms with van der Waals surface area (Å²) >= 11 is 0. The number of nitrogens with two attached hydrogens (primary N) is 1.